The lowest BCUT2D eigenvalue weighted by Gasteiger charge is -2.36. The van der Waals surface area contributed by atoms with Crippen molar-refractivity contribution < 1.29 is 14.1 Å². The molecule has 29 heavy (non-hydrogen) atoms. The molecule has 0 aromatic heterocycles. The average molecular weight is 395 g/mol. The Balaban J connectivity index is 1.62. The van der Waals surface area contributed by atoms with E-state index in [0.717, 1.165) is 5.69 Å². The maximum atomic E-state index is 13.1. The molecule has 1 fully saturated rings. The number of nitro benzene ring substituents is 1. The van der Waals surface area contributed by atoms with E-state index in [-0.39, 0.29) is 17.1 Å². The zero-order valence-electron chi connectivity index (χ0n) is 15.4. The molecule has 0 atom stereocenters. The number of halogens is 1. The van der Waals surface area contributed by atoms with Gasteiger partial charge in [-0.15, -0.1) is 0 Å². The molecule has 0 aliphatic carbocycles. The van der Waals surface area contributed by atoms with E-state index in [0.29, 0.717) is 31.9 Å². The summed E-state index contributed by atoms with van der Waals surface area (Å²) >= 11 is 0. The van der Waals surface area contributed by atoms with Crippen LogP contribution in [0.3, 0.4) is 0 Å². The van der Waals surface area contributed by atoms with Gasteiger partial charge in [0.25, 0.3) is 11.6 Å². The number of nitrogens with zero attached hydrogens (tertiary/aromatic N) is 4. The van der Waals surface area contributed by atoms with Gasteiger partial charge in [-0.1, -0.05) is 6.07 Å². The lowest BCUT2D eigenvalue weighted by atomic mass is 10.2. The molecule has 1 N–H and O–H groups in total. The largest absolute Gasteiger partial charge is 0.368 e. The summed E-state index contributed by atoms with van der Waals surface area (Å²) < 4.78 is 13.1. The van der Waals surface area contributed by atoms with Gasteiger partial charge in [0.05, 0.1) is 4.92 Å². The van der Waals surface area contributed by atoms with E-state index in [2.05, 4.69) is 5.32 Å². The van der Waals surface area contributed by atoms with E-state index in [4.69, 9.17) is 0 Å². The van der Waals surface area contributed by atoms with Gasteiger partial charge in [-0.05, 0) is 30.3 Å². The fourth-order valence-corrected chi connectivity index (χ4v) is 3.00. The van der Waals surface area contributed by atoms with Gasteiger partial charge in [-0.2, -0.15) is 5.26 Å². The number of benzene rings is 2. The van der Waals surface area contributed by atoms with Crippen LogP contribution < -0.4 is 10.2 Å². The summed E-state index contributed by atoms with van der Waals surface area (Å²) in [6, 6.07) is 13.8. The number of rotatable bonds is 5. The first-order valence-corrected chi connectivity index (χ1v) is 8.89. The highest BCUT2D eigenvalue weighted by molar-refractivity contribution is 5.97. The highest BCUT2D eigenvalue weighted by Crippen LogP contribution is 2.19. The normalized spacial score (nSPS) is 14.3. The molecule has 1 aliphatic heterocycles. The third-order valence-electron chi connectivity index (χ3n) is 4.55. The highest BCUT2D eigenvalue weighted by atomic mass is 19.1. The summed E-state index contributed by atoms with van der Waals surface area (Å²) in [6.45, 7) is 1.97. The van der Waals surface area contributed by atoms with Gasteiger partial charge in [-0.3, -0.25) is 14.9 Å². The van der Waals surface area contributed by atoms with Crippen LogP contribution in [-0.4, -0.2) is 41.9 Å². The Morgan fingerprint density at radius 1 is 1.17 bits per heavy atom. The van der Waals surface area contributed by atoms with E-state index in [1.165, 1.54) is 36.5 Å². The summed E-state index contributed by atoms with van der Waals surface area (Å²) in [5, 5.41) is 22.9. The van der Waals surface area contributed by atoms with Gasteiger partial charge >= 0.3 is 0 Å². The number of non-ortho nitro benzene ring substituents is 1. The molecule has 3 rings (SSSR count). The first-order chi connectivity index (χ1) is 14.0. The number of carbonyl (C=O) groups excluding carboxylic acids is 1. The minimum absolute atomic E-state index is 0.0910. The van der Waals surface area contributed by atoms with Crippen molar-refractivity contribution in [1.29, 1.82) is 5.26 Å². The van der Waals surface area contributed by atoms with Crippen LogP contribution in [0.1, 0.15) is 0 Å². The molecule has 8 nitrogen and oxygen atoms in total. The topological polar surface area (TPSA) is 103 Å². The van der Waals surface area contributed by atoms with E-state index in [1.54, 1.807) is 23.1 Å². The predicted molar refractivity (Wildman–Crippen MR) is 106 cm³/mol. The van der Waals surface area contributed by atoms with E-state index in [9.17, 15) is 24.6 Å². The smallest absolute Gasteiger partial charge is 0.271 e. The molecule has 1 amide bonds. The van der Waals surface area contributed by atoms with Crippen LogP contribution in [0.15, 0.2) is 60.3 Å². The Hall–Kier alpha value is -3.93. The van der Waals surface area contributed by atoms with Gasteiger partial charge in [0.15, 0.2) is 0 Å². The number of anilines is 2. The predicted octanol–water partition coefficient (Wildman–Crippen LogP) is 2.90. The first kappa shape index (κ1) is 19.8. The van der Waals surface area contributed by atoms with Gasteiger partial charge in [0, 0.05) is 55.9 Å². The molecule has 2 aromatic rings. The molecular formula is C20H18FN5O3. The van der Waals surface area contributed by atoms with Crippen molar-refractivity contribution in [1.82, 2.24) is 4.90 Å². The fourth-order valence-electron chi connectivity index (χ4n) is 3.00. The molecule has 0 radical (unpaired) electrons. The third kappa shape index (κ3) is 4.87. The quantitative estimate of drug-likeness (QED) is 0.361. The highest BCUT2D eigenvalue weighted by Gasteiger charge is 2.24. The van der Waals surface area contributed by atoms with Crippen molar-refractivity contribution in [2.24, 2.45) is 0 Å². The molecule has 0 unspecified atom stereocenters. The van der Waals surface area contributed by atoms with Gasteiger partial charge in [0.2, 0.25) is 0 Å². The van der Waals surface area contributed by atoms with E-state index < -0.39 is 10.8 Å². The molecule has 1 heterocycles. The van der Waals surface area contributed by atoms with Crippen molar-refractivity contribution >= 4 is 23.0 Å². The van der Waals surface area contributed by atoms with Crippen LogP contribution in [0.5, 0.6) is 0 Å². The van der Waals surface area contributed by atoms with Gasteiger partial charge in [0.1, 0.15) is 17.5 Å². The number of carbonyl (C=O) groups is 1. The van der Waals surface area contributed by atoms with Crippen molar-refractivity contribution in [2.45, 2.75) is 0 Å². The van der Waals surface area contributed by atoms with Gasteiger partial charge < -0.3 is 15.1 Å². The molecule has 2 aromatic carbocycles. The van der Waals surface area contributed by atoms with Crippen LogP contribution in [-0.2, 0) is 4.79 Å². The molecule has 9 heteroatoms. The first-order valence-electron chi connectivity index (χ1n) is 8.89. The molecule has 1 saturated heterocycles. The number of piperazine rings is 1. The van der Waals surface area contributed by atoms with Crippen LogP contribution in [0.2, 0.25) is 0 Å². The van der Waals surface area contributed by atoms with E-state index >= 15 is 0 Å². The lowest BCUT2D eigenvalue weighted by Crippen LogP contribution is -2.49. The number of nitriles is 1. The molecule has 148 valence electrons. The van der Waals surface area contributed by atoms with Crippen LogP contribution in [0.4, 0.5) is 21.5 Å². The van der Waals surface area contributed by atoms with Crippen molar-refractivity contribution in [2.75, 3.05) is 36.4 Å². The summed E-state index contributed by atoms with van der Waals surface area (Å²) in [5.41, 5.74) is 1.10. The van der Waals surface area contributed by atoms with Crippen molar-refractivity contribution in [3.63, 3.8) is 0 Å². The fraction of sp³-hybridized carbons (Fsp3) is 0.200. The molecule has 1 aliphatic rings. The Kier molecular flexibility index (Phi) is 6.04. The second-order valence-electron chi connectivity index (χ2n) is 6.38. The number of hydrogen-bond acceptors (Lipinski definition) is 6. The Morgan fingerprint density at radius 2 is 1.86 bits per heavy atom. The zero-order chi connectivity index (χ0) is 20.8. The SMILES string of the molecule is N#C/C(=C/Nc1cccc([N+](=O)[O-])c1)C(=O)N1CCN(c2ccc(F)cc2)CC1. The van der Waals surface area contributed by atoms with Crippen LogP contribution in [0.25, 0.3) is 0 Å². The standard InChI is InChI=1S/C20H18FN5O3/c21-16-4-6-18(7-5-16)24-8-10-25(11-9-24)20(27)15(13-22)14-23-17-2-1-3-19(12-17)26(28)29/h1-7,12,14,23H,8-11H2/b15-14-. The van der Waals surface area contributed by atoms with Crippen LogP contribution in [0, 0.1) is 27.3 Å². The minimum Gasteiger partial charge on any atom is -0.368 e. The second-order valence-corrected chi connectivity index (χ2v) is 6.38. The van der Waals surface area contributed by atoms with Crippen LogP contribution >= 0.6 is 0 Å². The molecular weight excluding hydrogens is 377 g/mol. The lowest BCUT2D eigenvalue weighted by molar-refractivity contribution is -0.384. The Morgan fingerprint density at radius 3 is 2.48 bits per heavy atom. The Bertz CT molecular complexity index is 976. The molecule has 0 spiro atoms. The molecule has 0 saturated carbocycles. The summed E-state index contributed by atoms with van der Waals surface area (Å²) in [7, 11) is 0. The zero-order valence-corrected chi connectivity index (χ0v) is 15.4. The maximum absolute atomic E-state index is 13.1. The number of nitro groups is 1. The Labute approximate surface area is 166 Å². The summed E-state index contributed by atoms with van der Waals surface area (Å²) in [6.07, 6.45) is 1.26. The number of hydrogen-bond donors (Lipinski definition) is 1. The molecule has 0 bridgehead atoms. The maximum Gasteiger partial charge on any atom is 0.271 e. The van der Waals surface area contributed by atoms with Gasteiger partial charge in [-0.25, -0.2) is 4.39 Å². The minimum atomic E-state index is -0.522. The van der Waals surface area contributed by atoms with Crippen molar-refractivity contribution in [3.8, 4) is 6.07 Å². The number of amides is 1. The average Bonchev–Trinajstić information content (AvgIpc) is 2.75. The second kappa shape index (κ2) is 8.84. The monoisotopic (exact) mass is 395 g/mol. The van der Waals surface area contributed by atoms with E-state index in [1.807, 2.05) is 11.0 Å². The van der Waals surface area contributed by atoms with Crippen molar-refractivity contribution in [3.05, 3.63) is 76.2 Å². The summed E-state index contributed by atoms with van der Waals surface area (Å²) in [5.74, 6) is -0.716. The summed E-state index contributed by atoms with van der Waals surface area (Å²) in [4.78, 5) is 26.6. The number of nitrogens with one attached hydrogen (secondary N) is 1. The third-order valence-corrected chi connectivity index (χ3v) is 4.55.